The van der Waals surface area contributed by atoms with Gasteiger partial charge in [0.25, 0.3) is 0 Å². The summed E-state index contributed by atoms with van der Waals surface area (Å²) in [6, 6.07) is 18.8. The number of hydrogen-bond donors (Lipinski definition) is 0. The van der Waals surface area contributed by atoms with Crippen LogP contribution in [-0.2, 0) is 0 Å². The zero-order chi connectivity index (χ0) is 12.1. The fourth-order valence-electron chi connectivity index (χ4n) is 2.05. The third-order valence-electron chi connectivity index (χ3n) is 2.98. The highest BCUT2D eigenvalue weighted by Gasteiger charge is 2.12. The van der Waals surface area contributed by atoms with Crippen LogP contribution in [0, 0.1) is 0 Å². The summed E-state index contributed by atoms with van der Waals surface area (Å²) in [4.78, 5) is 0. The second-order valence-electron chi connectivity index (χ2n) is 4.10. The number of rotatable bonds is 4. The zero-order valence-corrected chi connectivity index (χ0v) is 10.4. The first-order valence-electron chi connectivity index (χ1n) is 6.09. The minimum atomic E-state index is 0.360. The maximum atomic E-state index is 5.68. The smallest absolute Gasteiger partial charge is 0.123 e. The Morgan fingerprint density at radius 1 is 0.941 bits per heavy atom. The molecule has 0 spiro atoms. The molecular formula is C16H18O. The Kier molecular flexibility index (Phi) is 3.81. The Hall–Kier alpha value is -1.76. The molecule has 0 aliphatic carbocycles. The van der Waals surface area contributed by atoms with Crippen molar-refractivity contribution in [2.24, 2.45) is 0 Å². The second-order valence-corrected chi connectivity index (χ2v) is 4.10. The predicted octanol–water partition coefficient (Wildman–Crippen LogP) is 4.24. The van der Waals surface area contributed by atoms with E-state index in [1.807, 2.05) is 25.1 Å². The third-order valence-corrected chi connectivity index (χ3v) is 2.98. The molecule has 1 atom stereocenters. The molecule has 0 aromatic heterocycles. The largest absolute Gasteiger partial charge is 0.494 e. The van der Waals surface area contributed by atoms with Crippen molar-refractivity contribution in [3.05, 3.63) is 65.7 Å². The molecule has 0 aliphatic rings. The van der Waals surface area contributed by atoms with E-state index in [1.54, 1.807) is 0 Å². The SMILES string of the molecule is CCOc1ccccc1C(C)c1ccccc1. The summed E-state index contributed by atoms with van der Waals surface area (Å²) in [5.41, 5.74) is 2.57. The molecule has 0 radical (unpaired) electrons. The molecule has 0 bridgehead atoms. The van der Waals surface area contributed by atoms with Crippen LogP contribution in [0.25, 0.3) is 0 Å². The van der Waals surface area contributed by atoms with Crippen molar-refractivity contribution in [1.29, 1.82) is 0 Å². The molecule has 0 fully saturated rings. The molecule has 2 aromatic rings. The molecule has 88 valence electrons. The summed E-state index contributed by atoms with van der Waals surface area (Å²) in [6.45, 7) is 4.94. The van der Waals surface area contributed by atoms with Crippen LogP contribution in [0.1, 0.15) is 30.9 Å². The molecule has 0 saturated heterocycles. The molecule has 0 heterocycles. The first-order valence-corrected chi connectivity index (χ1v) is 6.09. The first kappa shape index (κ1) is 11.7. The number of ether oxygens (including phenoxy) is 1. The summed E-state index contributed by atoms with van der Waals surface area (Å²) >= 11 is 0. The van der Waals surface area contributed by atoms with Gasteiger partial charge in [0.1, 0.15) is 5.75 Å². The molecule has 0 N–H and O–H groups in total. The van der Waals surface area contributed by atoms with Gasteiger partial charge in [-0.25, -0.2) is 0 Å². The van der Waals surface area contributed by atoms with Crippen molar-refractivity contribution in [1.82, 2.24) is 0 Å². The van der Waals surface area contributed by atoms with Gasteiger partial charge >= 0.3 is 0 Å². The number of hydrogen-bond acceptors (Lipinski definition) is 1. The first-order chi connectivity index (χ1) is 8.33. The van der Waals surface area contributed by atoms with Crippen molar-refractivity contribution < 1.29 is 4.74 Å². The zero-order valence-electron chi connectivity index (χ0n) is 10.4. The molecule has 0 saturated carbocycles. The van der Waals surface area contributed by atoms with E-state index in [0.717, 1.165) is 5.75 Å². The van der Waals surface area contributed by atoms with Gasteiger partial charge < -0.3 is 4.74 Å². The van der Waals surface area contributed by atoms with E-state index in [2.05, 4.69) is 43.3 Å². The van der Waals surface area contributed by atoms with E-state index in [-0.39, 0.29) is 0 Å². The normalized spacial score (nSPS) is 12.1. The van der Waals surface area contributed by atoms with E-state index in [9.17, 15) is 0 Å². The molecule has 2 aromatic carbocycles. The molecule has 0 aliphatic heterocycles. The van der Waals surface area contributed by atoms with Crippen LogP contribution < -0.4 is 4.74 Å². The van der Waals surface area contributed by atoms with Crippen molar-refractivity contribution in [3.8, 4) is 5.75 Å². The van der Waals surface area contributed by atoms with Gasteiger partial charge in [-0.3, -0.25) is 0 Å². The predicted molar refractivity (Wildman–Crippen MR) is 71.6 cm³/mol. The summed E-state index contributed by atoms with van der Waals surface area (Å²) in [5.74, 6) is 1.35. The van der Waals surface area contributed by atoms with Gasteiger partial charge in [0.05, 0.1) is 6.61 Å². The van der Waals surface area contributed by atoms with Crippen LogP contribution in [0.5, 0.6) is 5.75 Å². The Balaban J connectivity index is 2.33. The van der Waals surface area contributed by atoms with E-state index in [4.69, 9.17) is 4.74 Å². The molecule has 0 amide bonds. The summed E-state index contributed by atoms with van der Waals surface area (Å²) < 4.78 is 5.68. The Morgan fingerprint density at radius 2 is 1.59 bits per heavy atom. The Morgan fingerprint density at radius 3 is 2.29 bits per heavy atom. The van der Waals surface area contributed by atoms with E-state index < -0.39 is 0 Å². The number of para-hydroxylation sites is 1. The minimum Gasteiger partial charge on any atom is -0.494 e. The molecule has 1 nitrogen and oxygen atoms in total. The maximum absolute atomic E-state index is 5.68. The van der Waals surface area contributed by atoms with Gasteiger partial charge in [-0.2, -0.15) is 0 Å². The van der Waals surface area contributed by atoms with Crippen LogP contribution in [0.4, 0.5) is 0 Å². The molecule has 2 rings (SSSR count). The van der Waals surface area contributed by atoms with Gasteiger partial charge in [-0.15, -0.1) is 0 Å². The lowest BCUT2D eigenvalue weighted by molar-refractivity contribution is 0.335. The fourth-order valence-corrected chi connectivity index (χ4v) is 2.05. The van der Waals surface area contributed by atoms with E-state index in [0.29, 0.717) is 12.5 Å². The van der Waals surface area contributed by atoms with Crippen LogP contribution in [0.3, 0.4) is 0 Å². The van der Waals surface area contributed by atoms with Crippen molar-refractivity contribution >= 4 is 0 Å². The second kappa shape index (κ2) is 5.53. The highest BCUT2D eigenvalue weighted by Crippen LogP contribution is 2.31. The average molecular weight is 226 g/mol. The molecule has 1 heteroatoms. The lowest BCUT2D eigenvalue weighted by Crippen LogP contribution is -2.01. The summed E-state index contributed by atoms with van der Waals surface area (Å²) in [5, 5.41) is 0. The number of benzene rings is 2. The Bertz CT molecular complexity index is 462. The average Bonchev–Trinajstić information content (AvgIpc) is 2.40. The topological polar surface area (TPSA) is 9.23 Å². The molecule has 1 unspecified atom stereocenters. The lowest BCUT2D eigenvalue weighted by Gasteiger charge is -2.16. The van der Waals surface area contributed by atoms with Gasteiger partial charge in [-0.1, -0.05) is 55.5 Å². The summed E-state index contributed by atoms with van der Waals surface area (Å²) in [7, 11) is 0. The molecular weight excluding hydrogens is 208 g/mol. The third kappa shape index (κ3) is 2.68. The van der Waals surface area contributed by atoms with Crippen LogP contribution >= 0.6 is 0 Å². The van der Waals surface area contributed by atoms with Crippen LogP contribution in [0.2, 0.25) is 0 Å². The molecule has 17 heavy (non-hydrogen) atoms. The highest BCUT2D eigenvalue weighted by molar-refractivity contribution is 5.41. The van der Waals surface area contributed by atoms with Gasteiger partial charge in [-0.05, 0) is 18.6 Å². The van der Waals surface area contributed by atoms with Crippen molar-refractivity contribution in [3.63, 3.8) is 0 Å². The monoisotopic (exact) mass is 226 g/mol. The lowest BCUT2D eigenvalue weighted by atomic mass is 9.92. The quantitative estimate of drug-likeness (QED) is 0.757. The van der Waals surface area contributed by atoms with Crippen molar-refractivity contribution in [2.45, 2.75) is 19.8 Å². The van der Waals surface area contributed by atoms with Gasteiger partial charge in [0, 0.05) is 11.5 Å². The maximum Gasteiger partial charge on any atom is 0.123 e. The standard InChI is InChI=1S/C16H18O/c1-3-17-16-12-8-7-11-15(16)13(2)14-9-5-4-6-10-14/h4-13H,3H2,1-2H3. The van der Waals surface area contributed by atoms with Gasteiger partial charge in [0.15, 0.2) is 0 Å². The van der Waals surface area contributed by atoms with Crippen LogP contribution in [-0.4, -0.2) is 6.61 Å². The summed E-state index contributed by atoms with van der Waals surface area (Å²) in [6.07, 6.45) is 0. The fraction of sp³-hybridized carbons (Fsp3) is 0.250. The minimum absolute atomic E-state index is 0.360. The van der Waals surface area contributed by atoms with E-state index >= 15 is 0 Å². The van der Waals surface area contributed by atoms with Crippen molar-refractivity contribution in [2.75, 3.05) is 6.61 Å². The Labute approximate surface area is 103 Å². The van der Waals surface area contributed by atoms with E-state index in [1.165, 1.54) is 11.1 Å². The van der Waals surface area contributed by atoms with Crippen LogP contribution in [0.15, 0.2) is 54.6 Å². The van der Waals surface area contributed by atoms with Gasteiger partial charge in [0.2, 0.25) is 0 Å². The highest BCUT2D eigenvalue weighted by atomic mass is 16.5.